The first kappa shape index (κ1) is 13.8. The van der Waals surface area contributed by atoms with Gasteiger partial charge in [0.25, 0.3) is 5.91 Å². The summed E-state index contributed by atoms with van der Waals surface area (Å²) in [7, 11) is 0. The van der Waals surface area contributed by atoms with Crippen LogP contribution in [0.15, 0.2) is 18.2 Å². The van der Waals surface area contributed by atoms with Crippen molar-refractivity contribution in [1.29, 1.82) is 0 Å². The number of carbonyl (C=O) groups excluding carboxylic acids is 1. The van der Waals surface area contributed by atoms with Crippen LogP contribution in [0.3, 0.4) is 0 Å². The number of carbonyl (C=O) groups is 1. The van der Waals surface area contributed by atoms with Crippen LogP contribution < -0.4 is 0 Å². The van der Waals surface area contributed by atoms with Crippen molar-refractivity contribution in [2.75, 3.05) is 13.1 Å². The quantitative estimate of drug-likeness (QED) is 0.699. The third-order valence-corrected chi connectivity index (χ3v) is 4.70. The van der Waals surface area contributed by atoms with Crippen LogP contribution >= 0.6 is 22.6 Å². The first-order valence-corrected chi connectivity index (χ1v) is 7.52. The summed E-state index contributed by atoms with van der Waals surface area (Å²) in [6.45, 7) is 8.37. The molecule has 1 amide bonds. The van der Waals surface area contributed by atoms with E-state index >= 15 is 0 Å². The average molecular weight is 357 g/mol. The van der Waals surface area contributed by atoms with E-state index < -0.39 is 0 Å². The molecule has 0 unspecified atom stereocenters. The lowest BCUT2D eigenvalue weighted by atomic mass is 9.82. The Morgan fingerprint density at radius 1 is 1.28 bits per heavy atom. The average Bonchev–Trinajstić information content (AvgIpc) is 2.31. The Labute approximate surface area is 123 Å². The number of benzene rings is 1. The van der Waals surface area contributed by atoms with Gasteiger partial charge in [-0.15, -0.1) is 0 Å². The number of hydrogen-bond donors (Lipinski definition) is 0. The highest BCUT2D eigenvalue weighted by Crippen LogP contribution is 2.30. The molecule has 0 atom stereocenters. The number of likely N-dealkylation sites (tertiary alicyclic amines) is 1. The van der Waals surface area contributed by atoms with E-state index in [0.29, 0.717) is 5.41 Å². The van der Waals surface area contributed by atoms with E-state index in [2.05, 4.69) is 42.5 Å². The topological polar surface area (TPSA) is 20.3 Å². The van der Waals surface area contributed by atoms with E-state index in [9.17, 15) is 4.79 Å². The van der Waals surface area contributed by atoms with E-state index in [1.807, 2.05) is 24.0 Å². The summed E-state index contributed by atoms with van der Waals surface area (Å²) in [5, 5.41) is 0. The molecule has 1 saturated heterocycles. The largest absolute Gasteiger partial charge is 0.339 e. The highest BCUT2D eigenvalue weighted by molar-refractivity contribution is 14.1. The molecule has 1 aliphatic heterocycles. The standard InChI is InChI=1S/C15H20INO/c1-11-4-5-13(16)12(10-11)14(18)17-8-6-15(2,3)7-9-17/h4-5,10H,6-9H2,1-3H3. The van der Waals surface area contributed by atoms with Crippen LogP contribution in [0, 0.1) is 15.9 Å². The van der Waals surface area contributed by atoms with Crippen molar-refractivity contribution in [3.05, 3.63) is 32.9 Å². The van der Waals surface area contributed by atoms with Crippen LogP contribution in [0.1, 0.15) is 42.6 Å². The SMILES string of the molecule is Cc1ccc(I)c(C(=O)N2CCC(C)(C)CC2)c1. The van der Waals surface area contributed by atoms with Crippen molar-refractivity contribution in [2.45, 2.75) is 33.6 Å². The minimum Gasteiger partial charge on any atom is -0.339 e. The number of nitrogens with zero attached hydrogens (tertiary/aromatic N) is 1. The lowest BCUT2D eigenvalue weighted by Gasteiger charge is -2.37. The predicted octanol–water partition coefficient (Wildman–Crippen LogP) is 3.86. The summed E-state index contributed by atoms with van der Waals surface area (Å²) >= 11 is 2.25. The zero-order valence-corrected chi connectivity index (χ0v) is 13.5. The van der Waals surface area contributed by atoms with Gasteiger partial charge in [0.2, 0.25) is 0 Å². The van der Waals surface area contributed by atoms with Crippen molar-refractivity contribution in [3.8, 4) is 0 Å². The third kappa shape index (κ3) is 3.05. The van der Waals surface area contributed by atoms with Gasteiger partial charge in [0, 0.05) is 16.7 Å². The highest BCUT2D eigenvalue weighted by atomic mass is 127. The van der Waals surface area contributed by atoms with Crippen molar-refractivity contribution < 1.29 is 4.79 Å². The number of amides is 1. The lowest BCUT2D eigenvalue weighted by Crippen LogP contribution is -2.41. The van der Waals surface area contributed by atoms with Crippen LogP contribution in [0.2, 0.25) is 0 Å². The van der Waals surface area contributed by atoms with Crippen LogP contribution in [0.25, 0.3) is 0 Å². The number of piperidine rings is 1. The van der Waals surface area contributed by atoms with Crippen LogP contribution in [0.5, 0.6) is 0 Å². The predicted molar refractivity (Wildman–Crippen MR) is 82.8 cm³/mol. The van der Waals surface area contributed by atoms with E-state index in [1.54, 1.807) is 0 Å². The highest BCUT2D eigenvalue weighted by Gasteiger charge is 2.28. The zero-order valence-electron chi connectivity index (χ0n) is 11.3. The molecule has 0 radical (unpaired) electrons. The Balaban J connectivity index is 2.15. The van der Waals surface area contributed by atoms with Gasteiger partial charge in [0.15, 0.2) is 0 Å². The van der Waals surface area contributed by atoms with E-state index in [4.69, 9.17) is 0 Å². The van der Waals surface area contributed by atoms with E-state index in [1.165, 1.54) is 0 Å². The Hall–Kier alpha value is -0.580. The smallest absolute Gasteiger partial charge is 0.254 e. The molecule has 0 N–H and O–H groups in total. The van der Waals surface area contributed by atoms with Gasteiger partial charge >= 0.3 is 0 Å². The van der Waals surface area contributed by atoms with Gasteiger partial charge in [-0.25, -0.2) is 0 Å². The molecule has 1 aromatic rings. The van der Waals surface area contributed by atoms with E-state index in [0.717, 1.165) is 40.6 Å². The fourth-order valence-electron chi connectivity index (χ4n) is 2.29. The van der Waals surface area contributed by atoms with Crippen molar-refractivity contribution in [2.24, 2.45) is 5.41 Å². The Bertz CT molecular complexity index is 458. The number of aryl methyl sites for hydroxylation is 1. The number of hydrogen-bond acceptors (Lipinski definition) is 1. The summed E-state index contributed by atoms with van der Waals surface area (Å²) in [5.74, 6) is 0.193. The maximum atomic E-state index is 12.5. The maximum Gasteiger partial charge on any atom is 0.254 e. The van der Waals surface area contributed by atoms with Crippen LogP contribution in [0.4, 0.5) is 0 Å². The summed E-state index contributed by atoms with van der Waals surface area (Å²) in [5.41, 5.74) is 2.39. The van der Waals surface area contributed by atoms with Crippen molar-refractivity contribution in [1.82, 2.24) is 4.90 Å². The molecule has 0 spiro atoms. The molecule has 3 heteroatoms. The van der Waals surface area contributed by atoms with Gasteiger partial charge in [-0.05, 0) is 59.9 Å². The second-order valence-electron chi connectivity index (χ2n) is 5.94. The Morgan fingerprint density at radius 3 is 2.50 bits per heavy atom. The van der Waals surface area contributed by atoms with Gasteiger partial charge in [0.05, 0.1) is 5.56 Å². The van der Waals surface area contributed by atoms with Gasteiger partial charge in [0.1, 0.15) is 0 Å². The molecule has 0 saturated carbocycles. The molecule has 2 nitrogen and oxygen atoms in total. The monoisotopic (exact) mass is 357 g/mol. The van der Waals surface area contributed by atoms with Crippen LogP contribution in [-0.4, -0.2) is 23.9 Å². The first-order valence-electron chi connectivity index (χ1n) is 6.44. The Morgan fingerprint density at radius 2 is 1.89 bits per heavy atom. The minimum absolute atomic E-state index is 0.193. The lowest BCUT2D eigenvalue weighted by molar-refractivity contribution is 0.0629. The van der Waals surface area contributed by atoms with E-state index in [-0.39, 0.29) is 5.91 Å². The second-order valence-corrected chi connectivity index (χ2v) is 7.10. The van der Waals surface area contributed by atoms with Crippen molar-refractivity contribution in [3.63, 3.8) is 0 Å². The molecule has 1 aromatic carbocycles. The second kappa shape index (κ2) is 5.19. The third-order valence-electron chi connectivity index (χ3n) is 3.76. The normalized spacial score (nSPS) is 18.8. The molecule has 1 heterocycles. The van der Waals surface area contributed by atoms with Gasteiger partial charge in [-0.2, -0.15) is 0 Å². The van der Waals surface area contributed by atoms with Crippen molar-refractivity contribution >= 4 is 28.5 Å². The van der Waals surface area contributed by atoms with Gasteiger partial charge in [-0.1, -0.05) is 25.5 Å². The molecule has 1 aliphatic rings. The van der Waals surface area contributed by atoms with Gasteiger partial charge < -0.3 is 4.90 Å². The molecule has 98 valence electrons. The fourth-order valence-corrected chi connectivity index (χ4v) is 2.85. The molecular weight excluding hydrogens is 337 g/mol. The van der Waals surface area contributed by atoms with Crippen LogP contribution in [-0.2, 0) is 0 Å². The first-order chi connectivity index (χ1) is 8.39. The number of rotatable bonds is 1. The fraction of sp³-hybridized carbons (Fsp3) is 0.533. The summed E-state index contributed by atoms with van der Waals surface area (Å²) in [4.78, 5) is 14.5. The van der Waals surface area contributed by atoms with Gasteiger partial charge in [-0.3, -0.25) is 4.79 Å². The molecule has 1 fully saturated rings. The zero-order chi connectivity index (χ0) is 13.3. The minimum atomic E-state index is 0.193. The summed E-state index contributed by atoms with van der Waals surface area (Å²) in [6, 6.07) is 6.08. The molecule has 0 aliphatic carbocycles. The molecular formula is C15H20INO. The molecule has 0 aromatic heterocycles. The number of halogens is 1. The Kier molecular flexibility index (Phi) is 3.99. The molecule has 0 bridgehead atoms. The molecule has 2 rings (SSSR count). The molecule has 18 heavy (non-hydrogen) atoms. The maximum absolute atomic E-state index is 12.5. The summed E-state index contributed by atoms with van der Waals surface area (Å²) < 4.78 is 1.05. The summed E-state index contributed by atoms with van der Waals surface area (Å²) in [6.07, 6.45) is 2.20.